The molecule has 1 aromatic carbocycles. The highest BCUT2D eigenvalue weighted by Crippen LogP contribution is 2.23. The van der Waals surface area contributed by atoms with Crippen molar-refractivity contribution in [2.24, 2.45) is 0 Å². The van der Waals surface area contributed by atoms with E-state index in [1.807, 2.05) is 12.1 Å². The van der Waals surface area contributed by atoms with E-state index in [0.29, 0.717) is 18.7 Å². The molecule has 0 aliphatic carbocycles. The van der Waals surface area contributed by atoms with E-state index in [1.54, 1.807) is 35.9 Å². The molecule has 1 atom stereocenters. The number of benzene rings is 1. The van der Waals surface area contributed by atoms with Crippen molar-refractivity contribution in [2.75, 3.05) is 30.4 Å². The number of aliphatic carboxylic acids is 1. The van der Waals surface area contributed by atoms with Crippen LogP contribution < -0.4 is 10.2 Å². The first-order chi connectivity index (χ1) is 11.4. The zero-order chi connectivity index (χ0) is 17.7. The van der Waals surface area contributed by atoms with E-state index in [-0.39, 0.29) is 30.6 Å². The summed E-state index contributed by atoms with van der Waals surface area (Å²) in [6, 6.07) is 6.73. The van der Waals surface area contributed by atoms with Crippen LogP contribution in [0.3, 0.4) is 0 Å². The van der Waals surface area contributed by atoms with E-state index >= 15 is 0 Å². The average molecular weight is 370 g/mol. The molecule has 0 radical (unpaired) electrons. The van der Waals surface area contributed by atoms with Gasteiger partial charge in [-0.25, -0.2) is 0 Å². The molecule has 1 heterocycles. The lowest BCUT2D eigenvalue weighted by molar-refractivity contribution is -0.137. The molecule has 1 aliphatic heterocycles. The van der Waals surface area contributed by atoms with Crippen molar-refractivity contribution in [3.8, 4) is 0 Å². The molecule has 1 saturated heterocycles. The van der Waals surface area contributed by atoms with Crippen LogP contribution in [0.5, 0.6) is 0 Å². The third-order valence-electron chi connectivity index (χ3n) is 4.24. The lowest BCUT2D eigenvalue weighted by Crippen LogP contribution is -2.40. The Hall–Kier alpha value is -2.12. The predicted octanol–water partition coefficient (Wildman–Crippen LogP) is 1.97. The van der Waals surface area contributed by atoms with Crippen molar-refractivity contribution >= 4 is 41.6 Å². The summed E-state index contributed by atoms with van der Waals surface area (Å²) in [4.78, 5) is 38.0. The molecular formula is C17H24ClN3O4. The average Bonchev–Trinajstić information content (AvgIpc) is 2.98. The van der Waals surface area contributed by atoms with Gasteiger partial charge in [0.25, 0.3) is 0 Å². The Morgan fingerprint density at radius 3 is 2.48 bits per heavy atom. The smallest absolute Gasteiger partial charge is 0.304 e. The summed E-state index contributed by atoms with van der Waals surface area (Å²) in [5, 5.41) is 11.5. The molecule has 0 spiro atoms. The molecule has 1 aromatic rings. The fourth-order valence-electron chi connectivity index (χ4n) is 2.56. The Bertz CT molecular complexity index is 621. The minimum absolute atomic E-state index is 0. The quantitative estimate of drug-likeness (QED) is 0.766. The van der Waals surface area contributed by atoms with Gasteiger partial charge < -0.3 is 15.3 Å². The number of nitrogens with one attached hydrogen (secondary N) is 1. The van der Waals surface area contributed by atoms with Crippen LogP contribution >= 0.6 is 12.4 Å². The molecule has 1 aliphatic rings. The predicted molar refractivity (Wildman–Crippen MR) is 98.3 cm³/mol. The van der Waals surface area contributed by atoms with E-state index in [2.05, 4.69) is 5.32 Å². The van der Waals surface area contributed by atoms with Gasteiger partial charge in [0.05, 0.1) is 12.5 Å². The van der Waals surface area contributed by atoms with Gasteiger partial charge in [-0.2, -0.15) is 0 Å². The van der Waals surface area contributed by atoms with Crippen molar-refractivity contribution in [3.63, 3.8) is 0 Å². The zero-order valence-electron chi connectivity index (χ0n) is 14.4. The summed E-state index contributed by atoms with van der Waals surface area (Å²) in [5.41, 5.74) is 1.48. The van der Waals surface area contributed by atoms with Gasteiger partial charge in [-0.15, -0.1) is 12.4 Å². The van der Waals surface area contributed by atoms with Crippen LogP contribution in [0, 0.1) is 0 Å². The molecule has 2 rings (SSSR count). The molecule has 2 N–H and O–H groups in total. The van der Waals surface area contributed by atoms with Gasteiger partial charge in [0.2, 0.25) is 11.8 Å². The normalized spacial score (nSPS) is 15.0. The number of hydrogen-bond donors (Lipinski definition) is 2. The monoisotopic (exact) mass is 369 g/mol. The molecule has 8 heteroatoms. The van der Waals surface area contributed by atoms with Crippen LogP contribution in [0.25, 0.3) is 0 Å². The number of carboxylic acids is 1. The number of rotatable bonds is 7. The molecule has 7 nitrogen and oxygen atoms in total. The van der Waals surface area contributed by atoms with Gasteiger partial charge in [0, 0.05) is 30.9 Å². The van der Waals surface area contributed by atoms with Crippen LogP contribution in [0.2, 0.25) is 0 Å². The van der Waals surface area contributed by atoms with Crippen molar-refractivity contribution in [3.05, 3.63) is 24.3 Å². The SMILES string of the molecule is CC(C(=O)Nc1ccc(N2CCCC2=O)cc1)N(C)CCC(=O)O.Cl. The minimum atomic E-state index is -0.887. The second kappa shape index (κ2) is 9.39. The minimum Gasteiger partial charge on any atom is -0.481 e. The maximum atomic E-state index is 12.2. The van der Waals surface area contributed by atoms with Gasteiger partial charge in [-0.3, -0.25) is 19.3 Å². The second-order valence-corrected chi connectivity index (χ2v) is 5.99. The number of amides is 2. The number of carboxylic acid groups (broad SMARTS) is 1. The molecular weight excluding hydrogens is 346 g/mol. The fourth-order valence-corrected chi connectivity index (χ4v) is 2.56. The summed E-state index contributed by atoms with van der Waals surface area (Å²) < 4.78 is 0. The van der Waals surface area contributed by atoms with Gasteiger partial charge >= 0.3 is 5.97 Å². The maximum Gasteiger partial charge on any atom is 0.304 e. The molecule has 25 heavy (non-hydrogen) atoms. The third-order valence-corrected chi connectivity index (χ3v) is 4.24. The number of nitrogens with zero attached hydrogens (tertiary/aromatic N) is 2. The Morgan fingerprint density at radius 2 is 1.96 bits per heavy atom. The van der Waals surface area contributed by atoms with Crippen LogP contribution in [-0.4, -0.2) is 54.0 Å². The van der Waals surface area contributed by atoms with Gasteiger partial charge in [-0.1, -0.05) is 0 Å². The number of halogens is 1. The first-order valence-electron chi connectivity index (χ1n) is 8.02. The third kappa shape index (κ3) is 5.72. The number of carbonyl (C=O) groups is 3. The number of anilines is 2. The van der Waals surface area contributed by atoms with Gasteiger partial charge in [0.1, 0.15) is 0 Å². The molecule has 1 fully saturated rings. The highest BCUT2D eigenvalue weighted by molar-refractivity contribution is 5.97. The van der Waals surface area contributed by atoms with E-state index in [1.165, 1.54) is 0 Å². The molecule has 2 amide bonds. The summed E-state index contributed by atoms with van der Waals surface area (Å²) in [6.07, 6.45) is 1.45. The number of carbonyl (C=O) groups excluding carboxylic acids is 2. The molecule has 0 bridgehead atoms. The Labute approximate surface area is 153 Å². The van der Waals surface area contributed by atoms with E-state index in [9.17, 15) is 14.4 Å². The summed E-state index contributed by atoms with van der Waals surface area (Å²) >= 11 is 0. The molecule has 1 unspecified atom stereocenters. The van der Waals surface area contributed by atoms with Crippen molar-refractivity contribution in [1.82, 2.24) is 4.90 Å². The Morgan fingerprint density at radius 1 is 1.32 bits per heavy atom. The maximum absolute atomic E-state index is 12.2. The largest absolute Gasteiger partial charge is 0.481 e. The summed E-state index contributed by atoms with van der Waals surface area (Å²) in [7, 11) is 1.72. The topological polar surface area (TPSA) is 90.0 Å². The molecule has 138 valence electrons. The summed E-state index contributed by atoms with van der Waals surface area (Å²) in [5.74, 6) is -0.963. The lowest BCUT2D eigenvalue weighted by atomic mass is 10.2. The van der Waals surface area contributed by atoms with Crippen LogP contribution in [-0.2, 0) is 14.4 Å². The highest BCUT2D eigenvalue weighted by Gasteiger charge is 2.22. The Kier molecular flexibility index (Phi) is 7.86. The Balaban J connectivity index is 0.00000312. The van der Waals surface area contributed by atoms with E-state index in [0.717, 1.165) is 18.7 Å². The van der Waals surface area contributed by atoms with Crippen molar-refractivity contribution in [2.45, 2.75) is 32.2 Å². The van der Waals surface area contributed by atoms with Crippen LogP contribution in [0.15, 0.2) is 24.3 Å². The van der Waals surface area contributed by atoms with E-state index < -0.39 is 12.0 Å². The molecule has 0 aromatic heterocycles. The fraction of sp³-hybridized carbons (Fsp3) is 0.471. The summed E-state index contributed by atoms with van der Waals surface area (Å²) in [6.45, 7) is 2.77. The first kappa shape index (κ1) is 20.9. The lowest BCUT2D eigenvalue weighted by Gasteiger charge is -2.23. The van der Waals surface area contributed by atoms with Gasteiger partial charge in [-0.05, 0) is 44.7 Å². The second-order valence-electron chi connectivity index (χ2n) is 5.99. The zero-order valence-corrected chi connectivity index (χ0v) is 15.2. The van der Waals surface area contributed by atoms with E-state index in [4.69, 9.17) is 5.11 Å². The number of hydrogen-bond acceptors (Lipinski definition) is 4. The number of likely N-dealkylation sites (N-methyl/N-ethyl adjacent to an activating group) is 1. The van der Waals surface area contributed by atoms with Crippen LogP contribution in [0.4, 0.5) is 11.4 Å². The van der Waals surface area contributed by atoms with Gasteiger partial charge in [0.15, 0.2) is 0 Å². The standard InChI is InChI=1S/C17H23N3O4.ClH/c1-12(19(2)11-9-16(22)23)17(24)18-13-5-7-14(8-6-13)20-10-3-4-15(20)21;/h5-8,12H,3-4,9-11H2,1-2H3,(H,18,24)(H,22,23);1H. The van der Waals surface area contributed by atoms with Crippen molar-refractivity contribution in [1.29, 1.82) is 0 Å². The first-order valence-corrected chi connectivity index (χ1v) is 8.02. The highest BCUT2D eigenvalue weighted by atomic mass is 35.5. The molecule has 0 saturated carbocycles. The van der Waals surface area contributed by atoms with Crippen LogP contribution in [0.1, 0.15) is 26.2 Å². The van der Waals surface area contributed by atoms with Crippen molar-refractivity contribution < 1.29 is 19.5 Å².